The summed E-state index contributed by atoms with van der Waals surface area (Å²) in [6, 6.07) is 6.71. The Labute approximate surface area is 123 Å². The number of ether oxygens (including phenoxy) is 1. The summed E-state index contributed by atoms with van der Waals surface area (Å²) in [5.41, 5.74) is 0.502. The topological polar surface area (TPSA) is 24.5 Å². The first-order valence-electron chi connectivity index (χ1n) is 7.12. The van der Waals surface area contributed by atoms with Crippen molar-refractivity contribution in [3.63, 3.8) is 0 Å². The lowest BCUT2D eigenvalue weighted by molar-refractivity contribution is -0.274. The van der Waals surface area contributed by atoms with Crippen molar-refractivity contribution >= 4 is 5.69 Å². The van der Waals surface area contributed by atoms with Crippen LogP contribution in [0, 0.1) is 5.92 Å². The van der Waals surface area contributed by atoms with Gasteiger partial charge in [0.25, 0.3) is 0 Å². The average Bonchev–Trinajstić information content (AvgIpc) is 2.37. The highest BCUT2D eigenvalue weighted by Gasteiger charge is 2.35. The molecule has 2 atom stereocenters. The summed E-state index contributed by atoms with van der Waals surface area (Å²) in [6.45, 7) is 7.57. The molecule has 1 aliphatic heterocycles. The maximum Gasteiger partial charge on any atom is 0.573 e. The number of hydrogen-bond donors (Lipinski definition) is 1. The van der Waals surface area contributed by atoms with Crippen molar-refractivity contribution in [3.8, 4) is 5.75 Å². The van der Waals surface area contributed by atoms with E-state index in [1.807, 2.05) is 11.8 Å². The van der Waals surface area contributed by atoms with Gasteiger partial charge in [-0.1, -0.05) is 26.0 Å². The van der Waals surface area contributed by atoms with E-state index in [0.29, 0.717) is 18.2 Å². The number of para-hydroxylation sites is 2. The zero-order chi connectivity index (χ0) is 15.6. The molecule has 118 valence electrons. The lowest BCUT2D eigenvalue weighted by Crippen LogP contribution is -2.57. The molecule has 0 aliphatic carbocycles. The van der Waals surface area contributed by atoms with Gasteiger partial charge in [-0.3, -0.25) is 0 Å². The second-order valence-corrected chi connectivity index (χ2v) is 5.79. The number of halogens is 3. The van der Waals surface area contributed by atoms with Crippen molar-refractivity contribution in [1.82, 2.24) is 5.32 Å². The van der Waals surface area contributed by atoms with Crippen LogP contribution in [0.15, 0.2) is 24.3 Å². The van der Waals surface area contributed by atoms with Crippen LogP contribution in [0.5, 0.6) is 5.75 Å². The van der Waals surface area contributed by atoms with E-state index in [1.54, 1.807) is 18.2 Å². The third-order valence-corrected chi connectivity index (χ3v) is 3.72. The molecule has 1 fully saturated rings. The number of benzene rings is 1. The highest BCUT2D eigenvalue weighted by atomic mass is 19.4. The summed E-state index contributed by atoms with van der Waals surface area (Å²) >= 11 is 0. The van der Waals surface area contributed by atoms with Gasteiger partial charge in [0.15, 0.2) is 5.75 Å². The van der Waals surface area contributed by atoms with E-state index in [0.717, 1.165) is 6.54 Å². The minimum Gasteiger partial charge on any atom is -0.404 e. The van der Waals surface area contributed by atoms with E-state index in [1.165, 1.54) is 6.07 Å². The molecule has 1 aromatic rings. The molecule has 0 aromatic heterocycles. The summed E-state index contributed by atoms with van der Waals surface area (Å²) < 4.78 is 41.9. The number of alkyl halides is 3. The van der Waals surface area contributed by atoms with Crippen molar-refractivity contribution < 1.29 is 17.9 Å². The quantitative estimate of drug-likeness (QED) is 0.926. The van der Waals surface area contributed by atoms with Gasteiger partial charge in [-0.15, -0.1) is 13.2 Å². The molecule has 0 bridgehead atoms. The van der Waals surface area contributed by atoms with E-state index in [2.05, 4.69) is 23.9 Å². The standard InChI is InChI=1S/C15H21F3N2O/c1-10(2)13-8-19-11(3)9-20(13)12-6-4-5-7-14(12)21-15(16,17)18/h4-7,10-11,13,19H,8-9H2,1-3H3. The Bertz CT molecular complexity index is 476. The van der Waals surface area contributed by atoms with Crippen molar-refractivity contribution in [1.29, 1.82) is 0 Å². The molecule has 3 nitrogen and oxygen atoms in total. The molecular formula is C15H21F3N2O. The maximum absolute atomic E-state index is 12.6. The molecule has 6 heteroatoms. The van der Waals surface area contributed by atoms with E-state index in [-0.39, 0.29) is 17.8 Å². The Morgan fingerprint density at radius 3 is 2.57 bits per heavy atom. The largest absolute Gasteiger partial charge is 0.573 e. The first-order chi connectivity index (χ1) is 9.78. The highest BCUT2D eigenvalue weighted by molar-refractivity contribution is 5.59. The summed E-state index contributed by atoms with van der Waals surface area (Å²) in [5.74, 6) is 0.189. The van der Waals surface area contributed by atoms with Gasteiger partial charge in [-0.2, -0.15) is 0 Å². The second-order valence-electron chi connectivity index (χ2n) is 5.79. The summed E-state index contributed by atoms with van der Waals surface area (Å²) in [7, 11) is 0. The molecular weight excluding hydrogens is 281 g/mol. The molecule has 2 unspecified atom stereocenters. The fourth-order valence-corrected chi connectivity index (χ4v) is 2.71. The first kappa shape index (κ1) is 15.9. The van der Waals surface area contributed by atoms with Crippen molar-refractivity contribution in [3.05, 3.63) is 24.3 Å². The van der Waals surface area contributed by atoms with E-state index >= 15 is 0 Å². The molecule has 0 amide bonds. The van der Waals surface area contributed by atoms with Gasteiger partial charge < -0.3 is 15.0 Å². The Morgan fingerprint density at radius 1 is 1.29 bits per heavy atom. The normalized spacial score (nSPS) is 23.5. The van der Waals surface area contributed by atoms with Gasteiger partial charge in [0.05, 0.1) is 5.69 Å². The lowest BCUT2D eigenvalue weighted by atomic mass is 9.98. The van der Waals surface area contributed by atoms with Crippen molar-refractivity contribution in [2.75, 3.05) is 18.0 Å². The molecule has 21 heavy (non-hydrogen) atoms. The maximum atomic E-state index is 12.6. The van der Waals surface area contributed by atoms with Crippen molar-refractivity contribution in [2.45, 2.75) is 39.2 Å². The summed E-state index contributed by atoms with van der Waals surface area (Å²) in [5, 5.41) is 3.38. The van der Waals surface area contributed by atoms with Crippen LogP contribution < -0.4 is 15.0 Å². The van der Waals surface area contributed by atoms with Crippen LogP contribution in [0.3, 0.4) is 0 Å². The molecule has 2 rings (SSSR count). The van der Waals surface area contributed by atoms with Crippen LogP contribution in [0.1, 0.15) is 20.8 Å². The minimum absolute atomic E-state index is 0.134. The van der Waals surface area contributed by atoms with Gasteiger partial charge in [0.1, 0.15) is 0 Å². The number of hydrogen-bond acceptors (Lipinski definition) is 3. The Balaban J connectivity index is 2.33. The first-order valence-corrected chi connectivity index (χ1v) is 7.12. The molecule has 1 aliphatic rings. The van der Waals surface area contributed by atoms with Gasteiger partial charge in [0, 0.05) is 25.2 Å². The van der Waals surface area contributed by atoms with Crippen LogP contribution in [-0.4, -0.2) is 31.5 Å². The number of nitrogens with zero attached hydrogens (tertiary/aromatic N) is 1. The smallest absolute Gasteiger partial charge is 0.404 e. The summed E-state index contributed by atoms with van der Waals surface area (Å²) in [6.07, 6.45) is -4.68. The predicted octanol–water partition coefficient (Wildman–Crippen LogP) is 3.41. The highest BCUT2D eigenvalue weighted by Crippen LogP contribution is 2.35. The minimum atomic E-state index is -4.68. The zero-order valence-electron chi connectivity index (χ0n) is 12.4. The van der Waals surface area contributed by atoms with Crippen LogP contribution in [0.25, 0.3) is 0 Å². The van der Waals surface area contributed by atoms with Gasteiger partial charge in [-0.05, 0) is 25.0 Å². The van der Waals surface area contributed by atoms with Crippen LogP contribution >= 0.6 is 0 Å². The third-order valence-electron chi connectivity index (χ3n) is 3.72. The Hall–Kier alpha value is -1.43. The zero-order valence-corrected chi connectivity index (χ0v) is 12.4. The second kappa shape index (κ2) is 6.13. The third kappa shape index (κ3) is 4.03. The molecule has 1 saturated heterocycles. The lowest BCUT2D eigenvalue weighted by Gasteiger charge is -2.43. The van der Waals surface area contributed by atoms with Crippen LogP contribution in [0.4, 0.5) is 18.9 Å². The van der Waals surface area contributed by atoms with Gasteiger partial charge in [0.2, 0.25) is 0 Å². The molecule has 1 heterocycles. The summed E-state index contributed by atoms with van der Waals surface area (Å²) in [4.78, 5) is 2.02. The molecule has 0 radical (unpaired) electrons. The van der Waals surface area contributed by atoms with Gasteiger partial charge in [-0.25, -0.2) is 0 Å². The Kier molecular flexibility index (Phi) is 4.66. The monoisotopic (exact) mass is 302 g/mol. The number of nitrogens with one attached hydrogen (secondary N) is 1. The fraction of sp³-hybridized carbons (Fsp3) is 0.600. The predicted molar refractivity (Wildman–Crippen MR) is 76.6 cm³/mol. The number of piperazine rings is 1. The average molecular weight is 302 g/mol. The molecule has 0 saturated carbocycles. The van der Waals surface area contributed by atoms with Crippen LogP contribution in [0.2, 0.25) is 0 Å². The molecule has 0 spiro atoms. The SMILES string of the molecule is CC1CN(c2ccccc2OC(F)(F)F)C(C(C)C)CN1. The van der Waals surface area contributed by atoms with E-state index in [4.69, 9.17) is 0 Å². The fourth-order valence-electron chi connectivity index (χ4n) is 2.71. The van der Waals surface area contributed by atoms with Gasteiger partial charge >= 0.3 is 6.36 Å². The van der Waals surface area contributed by atoms with Crippen LogP contribution in [-0.2, 0) is 0 Å². The van der Waals surface area contributed by atoms with E-state index in [9.17, 15) is 13.2 Å². The molecule has 1 N–H and O–H groups in total. The van der Waals surface area contributed by atoms with Crippen molar-refractivity contribution in [2.24, 2.45) is 5.92 Å². The number of anilines is 1. The molecule has 1 aromatic carbocycles. The Morgan fingerprint density at radius 2 is 1.95 bits per heavy atom. The van der Waals surface area contributed by atoms with E-state index < -0.39 is 6.36 Å². The number of rotatable bonds is 3.